The summed E-state index contributed by atoms with van der Waals surface area (Å²) in [5.41, 5.74) is 2.62. The Hall–Kier alpha value is -3.48. The van der Waals surface area contributed by atoms with Crippen molar-refractivity contribution >= 4 is 46.8 Å². The molecule has 0 amide bonds. The van der Waals surface area contributed by atoms with Crippen LogP contribution in [0.15, 0.2) is 89.1 Å². The lowest BCUT2D eigenvalue weighted by Crippen LogP contribution is -2.26. The van der Waals surface area contributed by atoms with Crippen LogP contribution in [0.4, 0.5) is 4.39 Å². The molecule has 3 aromatic carbocycles. The van der Waals surface area contributed by atoms with Crippen molar-refractivity contribution in [3.05, 3.63) is 111 Å². The lowest BCUT2D eigenvalue weighted by molar-refractivity contribution is -0.137. The van der Waals surface area contributed by atoms with Crippen molar-refractivity contribution in [3.8, 4) is 0 Å². The van der Waals surface area contributed by atoms with Gasteiger partial charge in [-0.25, -0.2) is 14.2 Å². The average Bonchev–Trinajstić information content (AvgIpc) is 3.27. The molecule has 8 heteroatoms. The minimum atomic E-state index is -0.644. The second-order valence-corrected chi connectivity index (χ2v) is 8.39. The fraction of sp³-hybridized carbons (Fsp3) is 0.115. The second-order valence-electron chi connectivity index (χ2n) is 7.55. The van der Waals surface area contributed by atoms with Crippen LogP contribution in [0.25, 0.3) is 6.08 Å². The monoisotopic (exact) mass is 495 g/mol. The van der Waals surface area contributed by atoms with Crippen LogP contribution in [0, 0.1) is 5.82 Å². The molecule has 0 bridgehead atoms. The van der Waals surface area contributed by atoms with Gasteiger partial charge in [-0.05, 0) is 36.8 Å². The number of nitrogens with zero attached hydrogens (tertiary/aromatic N) is 3. The van der Waals surface area contributed by atoms with Gasteiger partial charge in [0.2, 0.25) is 0 Å². The highest BCUT2D eigenvalue weighted by atomic mass is 35.5. The highest BCUT2D eigenvalue weighted by Gasteiger charge is 2.33. The summed E-state index contributed by atoms with van der Waals surface area (Å²) in [5.74, 6) is -0.726. The quantitative estimate of drug-likeness (QED) is 0.127. The van der Waals surface area contributed by atoms with E-state index in [1.54, 1.807) is 49.4 Å². The number of amidine groups is 1. The summed E-state index contributed by atoms with van der Waals surface area (Å²) >= 11 is 12.4. The topological polar surface area (TPSA) is 54.3 Å². The van der Waals surface area contributed by atoms with E-state index in [2.05, 4.69) is 10.3 Å². The number of oxime groups is 1. The summed E-state index contributed by atoms with van der Waals surface area (Å²) in [6, 6.07) is 20.4. The van der Waals surface area contributed by atoms with Crippen LogP contribution in [-0.2, 0) is 9.63 Å². The zero-order valence-corrected chi connectivity index (χ0v) is 19.7. The smallest absolute Gasteiger partial charge is 0.312 e. The molecule has 0 fully saturated rings. The predicted octanol–water partition coefficient (Wildman–Crippen LogP) is 6.87. The Bertz CT molecular complexity index is 1290. The molecule has 0 saturated heterocycles. The van der Waals surface area contributed by atoms with Crippen LogP contribution >= 0.6 is 23.2 Å². The number of benzene rings is 3. The van der Waals surface area contributed by atoms with Crippen molar-refractivity contribution in [3.63, 3.8) is 0 Å². The van der Waals surface area contributed by atoms with Gasteiger partial charge in [0.25, 0.3) is 0 Å². The number of carbonyl (C=O) groups excluding carboxylic acids is 1. The van der Waals surface area contributed by atoms with E-state index in [1.807, 2.05) is 30.3 Å². The Morgan fingerprint density at radius 3 is 2.59 bits per heavy atom. The summed E-state index contributed by atoms with van der Waals surface area (Å²) < 4.78 is 14.7. The Morgan fingerprint density at radius 1 is 1.12 bits per heavy atom. The van der Waals surface area contributed by atoms with Gasteiger partial charge in [0.05, 0.1) is 16.8 Å². The van der Waals surface area contributed by atoms with Crippen molar-refractivity contribution in [1.29, 1.82) is 0 Å². The molecule has 172 valence electrons. The van der Waals surface area contributed by atoms with Crippen LogP contribution in [0.5, 0.6) is 0 Å². The van der Waals surface area contributed by atoms with Crippen molar-refractivity contribution in [2.24, 2.45) is 10.3 Å². The van der Waals surface area contributed by atoms with Crippen LogP contribution in [-0.4, -0.2) is 22.5 Å². The standard InChI is InChI=1S/C26H20Cl2FN3O2/c1-17(31-34-26(33)14-11-18-7-3-2-4-8-18)32-25(21-9-5-6-10-23(21)29)16-24(30-32)20-13-12-19(27)15-22(20)28/h2-15,25H,16H2,1H3/b14-11+,31-17-. The number of rotatable bonds is 5. The summed E-state index contributed by atoms with van der Waals surface area (Å²) in [6.45, 7) is 1.64. The van der Waals surface area contributed by atoms with E-state index in [0.717, 1.165) is 5.56 Å². The maximum absolute atomic E-state index is 14.7. The molecule has 1 atom stereocenters. The Morgan fingerprint density at radius 2 is 1.85 bits per heavy atom. The first-order valence-electron chi connectivity index (χ1n) is 10.5. The molecule has 0 N–H and O–H groups in total. The molecule has 4 rings (SSSR count). The van der Waals surface area contributed by atoms with Crippen molar-refractivity contribution in [1.82, 2.24) is 5.01 Å². The minimum Gasteiger partial charge on any atom is -0.312 e. The van der Waals surface area contributed by atoms with Crippen molar-refractivity contribution < 1.29 is 14.0 Å². The van der Waals surface area contributed by atoms with Crippen LogP contribution in [0.2, 0.25) is 10.0 Å². The Balaban J connectivity index is 1.59. The normalized spacial score (nSPS) is 16.1. The predicted molar refractivity (Wildman–Crippen MR) is 133 cm³/mol. The molecule has 1 aliphatic rings. The third-order valence-corrected chi connectivity index (χ3v) is 5.78. The van der Waals surface area contributed by atoms with E-state index in [9.17, 15) is 9.18 Å². The first-order chi connectivity index (χ1) is 16.4. The van der Waals surface area contributed by atoms with Crippen molar-refractivity contribution in [2.75, 3.05) is 0 Å². The van der Waals surface area contributed by atoms with E-state index in [0.29, 0.717) is 33.3 Å². The van der Waals surface area contributed by atoms with Crippen LogP contribution in [0.1, 0.15) is 36.1 Å². The van der Waals surface area contributed by atoms with Crippen LogP contribution < -0.4 is 0 Å². The maximum atomic E-state index is 14.7. The van der Waals surface area contributed by atoms with Crippen LogP contribution in [0.3, 0.4) is 0 Å². The number of halogens is 3. The first-order valence-corrected chi connectivity index (χ1v) is 11.2. The first kappa shape index (κ1) is 23.7. The molecule has 1 heterocycles. The van der Waals surface area contributed by atoms with Gasteiger partial charge in [-0.1, -0.05) is 83.0 Å². The molecule has 5 nitrogen and oxygen atoms in total. The number of carbonyl (C=O) groups is 1. The molecule has 34 heavy (non-hydrogen) atoms. The SMILES string of the molecule is C/C(=N/OC(=O)/C=C/c1ccccc1)N1N=C(c2ccc(Cl)cc2Cl)CC1c1ccccc1F. The van der Waals surface area contributed by atoms with E-state index in [4.69, 9.17) is 28.0 Å². The van der Waals surface area contributed by atoms with Gasteiger partial charge in [-0.3, -0.25) is 0 Å². The number of hydrazone groups is 1. The van der Waals surface area contributed by atoms with Gasteiger partial charge in [0.15, 0.2) is 5.84 Å². The summed E-state index contributed by atoms with van der Waals surface area (Å²) in [7, 11) is 0. The molecule has 0 radical (unpaired) electrons. The highest BCUT2D eigenvalue weighted by molar-refractivity contribution is 6.37. The molecular weight excluding hydrogens is 476 g/mol. The molecule has 0 aliphatic carbocycles. The number of hydrogen-bond donors (Lipinski definition) is 0. The fourth-order valence-electron chi connectivity index (χ4n) is 3.59. The summed E-state index contributed by atoms with van der Waals surface area (Å²) in [5, 5.41) is 11.1. The molecule has 1 aliphatic heterocycles. The lowest BCUT2D eigenvalue weighted by atomic mass is 9.98. The average molecular weight is 496 g/mol. The highest BCUT2D eigenvalue weighted by Crippen LogP contribution is 2.36. The molecule has 0 saturated carbocycles. The van der Waals surface area contributed by atoms with Gasteiger partial charge in [-0.2, -0.15) is 5.10 Å². The fourth-order valence-corrected chi connectivity index (χ4v) is 4.11. The molecule has 3 aromatic rings. The molecular formula is C26H20Cl2FN3O2. The zero-order valence-electron chi connectivity index (χ0n) is 18.2. The molecule has 0 aromatic heterocycles. The summed E-state index contributed by atoms with van der Waals surface area (Å²) in [4.78, 5) is 17.2. The third kappa shape index (κ3) is 5.53. The van der Waals surface area contributed by atoms with E-state index >= 15 is 0 Å². The van der Waals surface area contributed by atoms with E-state index in [-0.39, 0.29) is 11.7 Å². The van der Waals surface area contributed by atoms with Gasteiger partial charge in [-0.15, -0.1) is 0 Å². The molecule has 0 spiro atoms. The third-order valence-electron chi connectivity index (χ3n) is 5.23. The van der Waals surface area contributed by atoms with E-state index < -0.39 is 12.0 Å². The lowest BCUT2D eigenvalue weighted by Gasteiger charge is -2.23. The Kier molecular flexibility index (Phi) is 7.40. The minimum absolute atomic E-state index is 0.287. The number of hydrogen-bond acceptors (Lipinski definition) is 4. The largest absolute Gasteiger partial charge is 0.358 e. The van der Waals surface area contributed by atoms with Gasteiger partial charge in [0.1, 0.15) is 5.82 Å². The van der Waals surface area contributed by atoms with Gasteiger partial charge in [0, 0.05) is 28.6 Å². The van der Waals surface area contributed by atoms with Gasteiger partial charge < -0.3 is 4.84 Å². The van der Waals surface area contributed by atoms with Gasteiger partial charge >= 0.3 is 5.97 Å². The van der Waals surface area contributed by atoms with Crippen molar-refractivity contribution in [2.45, 2.75) is 19.4 Å². The Labute approximate surface area is 206 Å². The summed E-state index contributed by atoms with van der Waals surface area (Å²) in [6.07, 6.45) is 3.29. The zero-order chi connectivity index (χ0) is 24.1. The molecule has 1 unspecified atom stereocenters. The van der Waals surface area contributed by atoms with E-state index in [1.165, 1.54) is 17.2 Å². The second kappa shape index (κ2) is 10.6. The maximum Gasteiger partial charge on any atom is 0.358 e.